The van der Waals surface area contributed by atoms with Crippen molar-refractivity contribution >= 4 is 11.6 Å². The van der Waals surface area contributed by atoms with E-state index in [2.05, 4.69) is 24.4 Å². The van der Waals surface area contributed by atoms with Gasteiger partial charge in [0.05, 0.1) is 0 Å². The minimum absolute atomic E-state index is 0.402. The molecule has 2 saturated carbocycles. The van der Waals surface area contributed by atoms with Crippen molar-refractivity contribution in [1.29, 1.82) is 0 Å². The second-order valence-electron chi connectivity index (χ2n) is 6.76. The van der Waals surface area contributed by atoms with Crippen molar-refractivity contribution < 1.29 is 0 Å². The SMILES string of the molecule is C[C@H](NC1CCC2CCCCC2C1)c1cccc(Cl)c1. The van der Waals surface area contributed by atoms with Gasteiger partial charge in [-0.05, 0) is 55.7 Å². The van der Waals surface area contributed by atoms with E-state index in [-0.39, 0.29) is 0 Å². The molecule has 1 N–H and O–H groups in total. The zero-order valence-corrected chi connectivity index (χ0v) is 13.2. The summed E-state index contributed by atoms with van der Waals surface area (Å²) in [7, 11) is 0. The second kappa shape index (κ2) is 6.49. The van der Waals surface area contributed by atoms with E-state index in [0.717, 1.165) is 16.9 Å². The van der Waals surface area contributed by atoms with E-state index in [1.165, 1.54) is 50.5 Å². The van der Waals surface area contributed by atoms with Crippen molar-refractivity contribution in [2.24, 2.45) is 11.8 Å². The molecule has 0 bridgehead atoms. The summed E-state index contributed by atoms with van der Waals surface area (Å²) in [5, 5.41) is 4.68. The number of benzene rings is 1. The highest BCUT2D eigenvalue weighted by atomic mass is 35.5. The van der Waals surface area contributed by atoms with Gasteiger partial charge < -0.3 is 5.32 Å². The predicted octanol–water partition coefficient (Wildman–Crippen LogP) is 5.35. The summed E-state index contributed by atoms with van der Waals surface area (Å²) in [6.07, 6.45) is 10.1. The summed E-state index contributed by atoms with van der Waals surface area (Å²) in [6, 6.07) is 9.36. The number of nitrogens with one attached hydrogen (secondary N) is 1. The molecule has 0 spiro atoms. The lowest BCUT2D eigenvalue weighted by Gasteiger charge is -2.40. The molecule has 2 aliphatic rings. The maximum Gasteiger partial charge on any atom is 0.0409 e. The van der Waals surface area contributed by atoms with Crippen LogP contribution < -0.4 is 5.32 Å². The number of hydrogen-bond acceptors (Lipinski definition) is 1. The molecule has 4 atom stereocenters. The molecule has 0 aromatic heterocycles. The van der Waals surface area contributed by atoms with E-state index in [1.54, 1.807) is 0 Å². The van der Waals surface area contributed by atoms with Crippen molar-refractivity contribution in [3.05, 3.63) is 34.9 Å². The van der Waals surface area contributed by atoms with Crippen molar-refractivity contribution in [3.8, 4) is 0 Å². The molecule has 1 aromatic rings. The summed E-state index contributed by atoms with van der Waals surface area (Å²) in [4.78, 5) is 0. The number of rotatable bonds is 3. The summed E-state index contributed by atoms with van der Waals surface area (Å²) < 4.78 is 0. The summed E-state index contributed by atoms with van der Waals surface area (Å²) >= 11 is 6.10. The van der Waals surface area contributed by atoms with E-state index in [0.29, 0.717) is 12.1 Å². The third kappa shape index (κ3) is 3.38. The fourth-order valence-electron chi connectivity index (χ4n) is 4.25. The highest BCUT2D eigenvalue weighted by Gasteiger charge is 2.32. The van der Waals surface area contributed by atoms with Crippen LogP contribution in [0.1, 0.15) is 63.5 Å². The molecule has 110 valence electrons. The average molecular weight is 292 g/mol. The van der Waals surface area contributed by atoms with Crippen LogP contribution in [0.25, 0.3) is 0 Å². The normalized spacial score (nSPS) is 31.6. The molecule has 3 rings (SSSR count). The third-order valence-corrected chi connectivity index (χ3v) is 5.61. The largest absolute Gasteiger partial charge is 0.307 e. The lowest BCUT2D eigenvalue weighted by Crippen LogP contribution is -2.39. The van der Waals surface area contributed by atoms with Crippen LogP contribution in [0.5, 0.6) is 0 Å². The molecule has 20 heavy (non-hydrogen) atoms. The van der Waals surface area contributed by atoms with E-state index in [4.69, 9.17) is 11.6 Å². The zero-order chi connectivity index (χ0) is 13.9. The smallest absolute Gasteiger partial charge is 0.0409 e. The van der Waals surface area contributed by atoms with Crippen molar-refractivity contribution in [3.63, 3.8) is 0 Å². The first kappa shape index (κ1) is 14.4. The van der Waals surface area contributed by atoms with Gasteiger partial charge in [0.15, 0.2) is 0 Å². The summed E-state index contributed by atoms with van der Waals surface area (Å²) in [6.45, 7) is 2.26. The maximum absolute atomic E-state index is 6.10. The van der Waals surface area contributed by atoms with Crippen LogP contribution >= 0.6 is 11.6 Å². The van der Waals surface area contributed by atoms with E-state index in [9.17, 15) is 0 Å². The van der Waals surface area contributed by atoms with Crippen LogP contribution in [-0.2, 0) is 0 Å². The Morgan fingerprint density at radius 1 is 1.10 bits per heavy atom. The molecule has 2 fully saturated rings. The van der Waals surface area contributed by atoms with Crippen molar-refractivity contribution in [1.82, 2.24) is 5.32 Å². The van der Waals surface area contributed by atoms with Crippen LogP contribution in [0.2, 0.25) is 5.02 Å². The first-order valence-corrected chi connectivity index (χ1v) is 8.61. The number of fused-ring (bicyclic) bond motifs is 1. The van der Waals surface area contributed by atoms with Crippen molar-refractivity contribution in [2.75, 3.05) is 0 Å². The predicted molar refractivity (Wildman–Crippen MR) is 86.1 cm³/mol. The standard InChI is InChI=1S/C18H26ClN/c1-13(15-7-4-8-17(19)11-15)20-18-10-9-14-5-2-3-6-16(14)12-18/h4,7-8,11,13-14,16,18,20H,2-3,5-6,9-10,12H2,1H3/t13-,14?,16?,18?/m0/s1. The Morgan fingerprint density at radius 2 is 1.90 bits per heavy atom. The fraction of sp³-hybridized carbons (Fsp3) is 0.667. The second-order valence-corrected chi connectivity index (χ2v) is 7.19. The van der Waals surface area contributed by atoms with Crippen LogP contribution in [0.3, 0.4) is 0 Å². The number of halogens is 1. The van der Waals surface area contributed by atoms with Gasteiger partial charge in [0.25, 0.3) is 0 Å². The van der Waals surface area contributed by atoms with Gasteiger partial charge in [-0.1, -0.05) is 49.4 Å². The Morgan fingerprint density at radius 3 is 2.70 bits per heavy atom. The topological polar surface area (TPSA) is 12.0 Å². The lowest BCUT2D eigenvalue weighted by molar-refractivity contribution is 0.139. The molecule has 0 heterocycles. The van der Waals surface area contributed by atoms with Gasteiger partial charge in [0.2, 0.25) is 0 Å². The van der Waals surface area contributed by atoms with Crippen LogP contribution in [0, 0.1) is 11.8 Å². The Balaban J connectivity index is 1.58. The van der Waals surface area contributed by atoms with Crippen LogP contribution in [-0.4, -0.2) is 6.04 Å². The van der Waals surface area contributed by atoms with Gasteiger partial charge in [-0.3, -0.25) is 0 Å². The molecule has 0 amide bonds. The summed E-state index contributed by atoms with van der Waals surface area (Å²) in [5.74, 6) is 2.02. The molecule has 0 aliphatic heterocycles. The van der Waals surface area contributed by atoms with Gasteiger partial charge in [0.1, 0.15) is 0 Å². The van der Waals surface area contributed by atoms with E-state index in [1.807, 2.05) is 12.1 Å². The molecule has 2 heteroatoms. The molecule has 0 radical (unpaired) electrons. The van der Waals surface area contributed by atoms with Gasteiger partial charge in [-0.15, -0.1) is 0 Å². The third-order valence-electron chi connectivity index (χ3n) is 5.37. The Bertz CT molecular complexity index is 445. The van der Waals surface area contributed by atoms with Crippen LogP contribution in [0.15, 0.2) is 24.3 Å². The molecular formula is C18H26ClN. The highest BCUT2D eigenvalue weighted by molar-refractivity contribution is 6.30. The minimum Gasteiger partial charge on any atom is -0.307 e. The van der Waals surface area contributed by atoms with E-state index < -0.39 is 0 Å². The lowest BCUT2D eigenvalue weighted by atomic mass is 9.69. The molecule has 0 saturated heterocycles. The first-order chi connectivity index (χ1) is 9.72. The average Bonchev–Trinajstić information content (AvgIpc) is 2.47. The van der Waals surface area contributed by atoms with E-state index >= 15 is 0 Å². The Labute approximate surface area is 128 Å². The van der Waals surface area contributed by atoms with Gasteiger partial charge in [0, 0.05) is 17.1 Å². The first-order valence-electron chi connectivity index (χ1n) is 8.24. The molecule has 3 unspecified atom stereocenters. The summed E-state index contributed by atoms with van der Waals surface area (Å²) in [5.41, 5.74) is 1.31. The van der Waals surface area contributed by atoms with Crippen LogP contribution in [0.4, 0.5) is 0 Å². The minimum atomic E-state index is 0.402. The molecule has 2 aliphatic carbocycles. The molecular weight excluding hydrogens is 266 g/mol. The zero-order valence-electron chi connectivity index (χ0n) is 12.4. The Kier molecular flexibility index (Phi) is 4.68. The van der Waals surface area contributed by atoms with Gasteiger partial charge in [-0.25, -0.2) is 0 Å². The van der Waals surface area contributed by atoms with Gasteiger partial charge in [-0.2, -0.15) is 0 Å². The Hall–Kier alpha value is -0.530. The highest BCUT2D eigenvalue weighted by Crippen LogP contribution is 2.40. The fourth-order valence-corrected chi connectivity index (χ4v) is 4.45. The maximum atomic E-state index is 6.10. The molecule has 1 aromatic carbocycles. The number of hydrogen-bond donors (Lipinski definition) is 1. The monoisotopic (exact) mass is 291 g/mol. The van der Waals surface area contributed by atoms with Gasteiger partial charge >= 0.3 is 0 Å². The quantitative estimate of drug-likeness (QED) is 0.791. The molecule has 1 nitrogen and oxygen atoms in total. The van der Waals surface area contributed by atoms with Crippen molar-refractivity contribution in [2.45, 2.75) is 64.0 Å².